The highest BCUT2D eigenvalue weighted by Gasteiger charge is 2.17. The van der Waals surface area contributed by atoms with E-state index in [-0.39, 0.29) is 5.60 Å². The number of likely N-dealkylation sites (tertiary alicyclic amines) is 1. The molecular weight excluding hydrogens is 274 g/mol. The number of benzene rings is 1. The molecule has 4 heteroatoms. The lowest BCUT2D eigenvalue weighted by Gasteiger charge is -2.23. The third-order valence-corrected chi connectivity index (χ3v) is 3.53. The number of nitrogens with zero attached hydrogens (tertiary/aromatic N) is 2. The van der Waals surface area contributed by atoms with Gasteiger partial charge >= 0.3 is 0 Å². The second kappa shape index (κ2) is 7.52. The summed E-state index contributed by atoms with van der Waals surface area (Å²) in [7, 11) is 0. The maximum absolute atomic E-state index is 6.05. The molecule has 22 heavy (non-hydrogen) atoms. The topological polar surface area (TPSA) is 36.9 Å². The number of guanidine groups is 1. The van der Waals surface area contributed by atoms with Gasteiger partial charge in [-0.1, -0.05) is 18.2 Å². The van der Waals surface area contributed by atoms with E-state index in [1.165, 1.54) is 12.8 Å². The first-order chi connectivity index (χ1) is 10.5. The molecule has 1 N–H and O–H groups in total. The molecule has 1 heterocycles. The van der Waals surface area contributed by atoms with Crippen molar-refractivity contribution in [1.82, 2.24) is 10.2 Å². The molecule has 0 spiro atoms. The van der Waals surface area contributed by atoms with Crippen molar-refractivity contribution in [3.8, 4) is 5.75 Å². The summed E-state index contributed by atoms with van der Waals surface area (Å²) in [5.41, 5.74) is 0.936. The van der Waals surface area contributed by atoms with Gasteiger partial charge < -0.3 is 15.0 Å². The highest BCUT2D eigenvalue weighted by Crippen LogP contribution is 2.23. The minimum Gasteiger partial charge on any atom is -0.488 e. The van der Waals surface area contributed by atoms with Crippen molar-refractivity contribution in [2.75, 3.05) is 19.6 Å². The predicted octanol–water partition coefficient (Wildman–Crippen LogP) is 3.43. The molecule has 122 valence electrons. The van der Waals surface area contributed by atoms with Gasteiger partial charge in [0.05, 0.1) is 6.54 Å². The van der Waals surface area contributed by atoms with E-state index in [0.29, 0.717) is 6.54 Å². The number of para-hydroxylation sites is 1. The number of hydrogen-bond acceptors (Lipinski definition) is 2. The van der Waals surface area contributed by atoms with Crippen LogP contribution in [0.5, 0.6) is 5.75 Å². The fourth-order valence-electron chi connectivity index (χ4n) is 2.58. The summed E-state index contributed by atoms with van der Waals surface area (Å²) in [6.45, 7) is 12.1. The third kappa shape index (κ3) is 4.93. The summed E-state index contributed by atoms with van der Waals surface area (Å²) in [4.78, 5) is 7.15. The van der Waals surface area contributed by atoms with E-state index in [1.807, 2.05) is 18.2 Å². The Morgan fingerprint density at radius 3 is 2.55 bits per heavy atom. The van der Waals surface area contributed by atoms with Crippen LogP contribution in [0, 0.1) is 0 Å². The maximum atomic E-state index is 6.05. The number of rotatable bonds is 4. The predicted molar refractivity (Wildman–Crippen MR) is 92.4 cm³/mol. The molecule has 0 saturated carbocycles. The van der Waals surface area contributed by atoms with Gasteiger partial charge in [-0.25, -0.2) is 4.99 Å². The van der Waals surface area contributed by atoms with Crippen LogP contribution in [0.2, 0.25) is 0 Å². The molecule has 1 aromatic carbocycles. The van der Waals surface area contributed by atoms with Gasteiger partial charge in [0, 0.05) is 25.2 Å². The Morgan fingerprint density at radius 1 is 1.23 bits per heavy atom. The lowest BCUT2D eigenvalue weighted by molar-refractivity contribution is 0.129. The molecule has 1 aliphatic rings. The van der Waals surface area contributed by atoms with Crippen molar-refractivity contribution < 1.29 is 4.74 Å². The Balaban J connectivity index is 2.12. The summed E-state index contributed by atoms with van der Waals surface area (Å²) in [6, 6.07) is 8.18. The van der Waals surface area contributed by atoms with Gasteiger partial charge in [0.1, 0.15) is 11.4 Å². The first kappa shape index (κ1) is 16.7. The molecule has 2 rings (SSSR count). The molecule has 0 unspecified atom stereocenters. The zero-order valence-electron chi connectivity index (χ0n) is 14.4. The van der Waals surface area contributed by atoms with Gasteiger partial charge in [0.15, 0.2) is 5.96 Å². The SMILES string of the molecule is CCNC(=NCc1ccccc1OC(C)(C)C)N1CCCC1. The molecule has 0 bridgehead atoms. The van der Waals surface area contributed by atoms with Crippen LogP contribution >= 0.6 is 0 Å². The van der Waals surface area contributed by atoms with Crippen LogP contribution in [0.3, 0.4) is 0 Å². The quantitative estimate of drug-likeness (QED) is 0.684. The molecule has 1 aliphatic heterocycles. The van der Waals surface area contributed by atoms with Crippen molar-refractivity contribution in [1.29, 1.82) is 0 Å². The van der Waals surface area contributed by atoms with Crippen molar-refractivity contribution in [2.45, 2.75) is 52.7 Å². The molecule has 0 aliphatic carbocycles. The van der Waals surface area contributed by atoms with E-state index in [9.17, 15) is 0 Å². The standard InChI is InChI=1S/C18H29N3O/c1-5-19-17(21-12-8-9-13-21)20-14-15-10-6-7-11-16(15)22-18(2,3)4/h6-7,10-11H,5,8-9,12-14H2,1-4H3,(H,19,20). The molecule has 1 fully saturated rings. The molecule has 0 aromatic heterocycles. The first-order valence-corrected chi connectivity index (χ1v) is 8.30. The van der Waals surface area contributed by atoms with E-state index < -0.39 is 0 Å². The lowest BCUT2D eigenvalue weighted by atomic mass is 10.1. The van der Waals surface area contributed by atoms with Crippen LogP contribution in [0.1, 0.15) is 46.1 Å². The Labute approximate surface area is 134 Å². The first-order valence-electron chi connectivity index (χ1n) is 8.30. The van der Waals surface area contributed by atoms with Crippen LogP contribution in [-0.4, -0.2) is 36.1 Å². The van der Waals surface area contributed by atoms with Crippen LogP contribution < -0.4 is 10.1 Å². The number of aliphatic imine (C=N–C) groups is 1. The van der Waals surface area contributed by atoms with Gasteiger partial charge in [-0.15, -0.1) is 0 Å². The second-order valence-corrected chi connectivity index (χ2v) is 6.69. The molecule has 4 nitrogen and oxygen atoms in total. The summed E-state index contributed by atoms with van der Waals surface area (Å²) in [6.07, 6.45) is 2.52. The molecule has 1 aromatic rings. The average molecular weight is 303 g/mol. The summed E-state index contributed by atoms with van der Waals surface area (Å²) < 4.78 is 6.05. The Hall–Kier alpha value is -1.71. The Kier molecular flexibility index (Phi) is 5.69. The monoisotopic (exact) mass is 303 g/mol. The Morgan fingerprint density at radius 2 is 1.91 bits per heavy atom. The van der Waals surface area contributed by atoms with Gasteiger partial charge in [0.2, 0.25) is 0 Å². The van der Waals surface area contributed by atoms with Gasteiger partial charge in [0.25, 0.3) is 0 Å². The van der Waals surface area contributed by atoms with Crippen molar-refractivity contribution in [3.63, 3.8) is 0 Å². The fourth-order valence-corrected chi connectivity index (χ4v) is 2.58. The minimum absolute atomic E-state index is 0.195. The number of ether oxygens (including phenoxy) is 1. The highest BCUT2D eigenvalue weighted by molar-refractivity contribution is 5.80. The van der Waals surface area contributed by atoms with Crippen molar-refractivity contribution in [2.24, 2.45) is 4.99 Å². The molecular formula is C18H29N3O. The molecule has 0 radical (unpaired) electrons. The smallest absolute Gasteiger partial charge is 0.194 e. The summed E-state index contributed by atoms with van der Waals surface area (Å²) >= 11 is 0. The van der Waals surface area contributed by atoms with E-state index in [0.717, 1.165) is 36.9 Å². The normalized spacial score (nSPS) is 16.0. The molecule has 0 atom stereocenters. The van der Waals surface area contributed by atoms with Gasteiger partial charge in [-0.3, -0.25) is 0 Å². The van der Waals surface area contributed by atoms with Crippen LogP contribution in [0.15, 0.2) is 29.3 Å². The van der Waals surface area contributed by atoms with E-state index in [4.69, 9.17) is 9.73 Å². The summed E-state index contributed by atoms with van der Waals surface area (Å²) in [5, 5.41) is 3.40. The summed E-state index contributed by atoms with van der Waals surface area (Å²) in [5.74, 6) is 1.95. The average Bonchev–Trinajstić information content (AvgIpc) is 2.97. The Bertz CT molecular complexity index is 499. The minimum atomic E-state index is -0.195. The van der Waals surface area contributed by atoms with Crippen molar-refractivity contribution in [3.05, 3.63) is 29.8 Å². The lowest BCUT2D eigenvalue weighted by Crippen LogP contribution is -2.39. The zero-order chi connectivity index (χ0) is 16.0. The van der Waals surface area contributed by atoms with E-state index in [2.05, 4.69) is 44.0 Å². The van der Waals surface area contributed by atoms with Crippen LogP contribution in [0.25, 0.3) is 0 Å². The molecule has 1 saturated heterocycles. The molecule has 0 amide bonds. The fraction of sp³-hybridized carbons (Fsp3) is 0.611. The highest BCUT2D eigenvalue weighted by atomic mass is 16.5. The van der Waals surface area contributed by atoms with E-state index in [1.54, 1.807) is 0 Å². The van der Waals surface area contributed by atoms with Crippen LogP contribution in [-0.2, 0) is 6.54 Å². The van der Waals surface area contributed by atoms with Crippen molar-refractivity contribution >= 4 is 5.96 Å². The second-order valence-electron chi connectivity index (χ2n) is 6.69. The largest absolute Gasteiger partial charge is 0.488 e. The van der Waals surface area contributed by atoms with Gasteiger partial charge in [-0.05, 0) is 46.6 Å². The maximum Gasteiger partial charge on any atom is 0.194 e. The third-order valence-electron chi connectivity index (χ3n) is 3.53. The van der Waals surface area contributed by atoms with Crippen LogP contribution in [0.4, 0.5) is 0 Å². The number of hydrogen-bond donors (Lipinski definition) is 1. The number of nitrogens with one attached hydrogen (secondary N) is 1. The van der Waals surface area contributed by atoms with E-state index >= 15 is 0 Å². The van der Waals surface area contributed by atoms with Gasteiger partial charge in [-0.2, -0.15) is 0 Å². The zero-order valence-corrected chi connectivity index (χ0v) is 14.4.